The van der Waals surface area contributed by atoms with Crippen LogP contribution in [-0.2, 0) is 0 Å². The van der Waals surface area contributed by atoms with Crippen LogP contribution in [0.1, 0.15) is 15.9 Å². The van der Waals surface area contributed by atoms with Gasteiger partial charge in [-0.15, -0.1) is 0 Å². The summed E-state index contributed by atoms with van der Waals surface area (Å²) in [5.41, 5.74) is -0.0781. The number of nitro groups is 1. The molecule has 0 bridgehead atoms. The molecule has 0 radical (unpaired) electrons. The van der Waals surface area contributed by atoms with Crippen LogP contribution in [-0.4, -0.2) is 48.1 Å². The lowest BCUT2D eigenvalue weighted by Crippen LogP contribution is -2.19. The molecule has 19 heavy (non-hydrogen) atoms. The Labute approximate surface area is 110 Å². The highest BCUT2D eigenvalue weighted by Gasteiger charge is 2.19. The van der Waals surface area contributed by atoms with Crippen molar-refractivity contribution in [2.24, 2.45) is 0 Å². The Hall–Kier alpha value is -2.15. The lowest BCUT2D eigenvalue weighted by atomic mass is 10.1. The molecule has 7 heteroatoms. The van der Waals surface area contributed by atoms with Gasteiger partial charge in [-0.05, 0) is 27.1 Å². The van der Waals surface area contributed by atoms with Gasteiger partial charge in [-0.2, -0.15) is 0 Å². The molecule has 1 rings (SSSR count). The largest absolute Gasteiger partial charge is 0.492 e. The molecule has 1 aromatic rings. The minimum Gasteiger partial charge on any atom is -0.492 e. The number of hydrogen-bond acceptors (Lipinski definition) is 5. The third-order valence-corrected chi connectivity index (χ3v) is 2.57. The van der Waals surface area contributed by atoms with Gasteiger partial charge in [-0.1, -0.05) is 0 Å². The molecule has 0 unspecified atom stereocenters. The zero-order valence-electron chi connectivity index (χ0n) is 11.0. The van der Waals surface area contributed by atoms with Crippen LogP contribution in [0.3, 0.4) is 0 Å². The predicted octanol–water partition coefficient (Wildman–Crippen LogP) is 1.54. The summed E-state index contributed by atoms with van der Waals surface area (Å²) in [6.07, 6.45) is 0. The second-order valence-corrected chi connectivity index (χ2v) is 4.33. The number of aromatic carboxylic acids is 1. The Morgan fingerprint density at radius 3 is 2.58 bits per heavy atom. The summed E-state index contributed by atoms with van der Waals surface area (Å²) in [6.45, 7) is 2.49. The maximum atomic E-state index is 10.9. The van der Waals surface area contributed by atoms with E-state index in [0.717, 1.165) is 6.07 Å². The van der Waals surface area contributed by atoms with Crippen molar-refractivity contribution in [2.75, 3.05) is 27.2 Å². The molecule has 1 N–H and O–H groups in total. The molecule has 0 aliphatic rings. The zero-order valence-corrected chi connectivity index (χ0v) is 11.0. The summed E-state index contributed by atoms with van der Waals surface area (Å²) in [6, 6.07) is 2.34. The van der Waals surface area contributed by atoms with Crippen molar-refractivity contribution >= 4 is 11.7 Å². The number of hydrogen-bond donors (Lipinski definition) is 1. The van der Waals surface area contributed by atoms with E-state index in [2.05, 4.69) is 0 Å². The second kappa shape index (κ2) is 6.14. The lowest BCUT2D eigenvalue weighted by Gasteiger charge is -2.13. The van der Waals surface area contributed by atoms with E-state index < -0.39 is 10.9 Å². The Morgan fingerprint density at radius 1 is 1.47 bits per heavy atom. The summed E-state index contributed by atoms with van der Waals surface area (Å²) in [7, 11) is 3.73. The first-order chi connectivity index (χ1) is 8.82. The van der Waals surface area contributed by atoms with Crippen molar-refractivity contribution in [3.63, 3.8) is 0 Å². The molecule has 0 spiro atoms. The fourth-order valence-corrected chi connectivity index (χ4v) is 1.47. The average Bonchev–Trinajstić information content (AvgIpc) is 2.30. The van der Waals surface area contributed by atoms with E-state index >= 15 is 0 Å². The standard InChI is InChI=1S/C12H16N2O5/c1-8-10(14(17)18)6-9(12(15)16)7-11(8)19-5-4-13(2)3/h6-7H,4-5H2,1-3H3,(H,15,16). The molecule has 0 fully saturated rings. The average molecular weight is 268 g/mol. The van der Waals surface area contributed by atoms with E-state index in [9.17, 15) is 14.9 Å². The molecule has 0 heterocycles. The minimum absolute atomic E-state index is 0.155. The van der Waals surface area contributed by atoms with Gasteiger partial charge < -0.3 is 14.7 Å². The summed E-state index contributed by atoms with van der Waals surface area (Å²) in [4.78, 5) is 23.1. The lowest BCUT2D eigenvalue weighted by molar-refractivity contribution is -0.385. The SMILES string of the molecule is Cc1c(OCCN(C)C)cc(C(=O)O)cc1[N+](=O)[O-]. The maximum Gasteiger partial charge on any atom is 0.336 e. The number of carboxylic acids is 1. The van der Waals surface area contributed by atoms with Crippen LogP contribution in [0.2, 0.25) is 0 Å². The molecule has 0 aliphatic heterocycles. The first kappa shape index (κ1) is 14.9. The summed E-state index contributed by atoms with van der Waals surface area (Å²) >= 11 is 0. The Balaban J connectivity index is 3.07. The Kier molecular flexibility index (Phi) is 4.82. The fraction of sp³-hybridized carbons (Fsp3) is 0.417. The molecular weight excluding hydrogens is 252 g/mol. The molecule has 7 nitrogen and oxygen atoms in total. The van der Waals surface area contributed by atoms with E-state index in [0.29, 0.717) is 18.7 Å². The second-order valence-electron chi connectivity index (χ2n) is 4.33. The zero-order chi connectivity index (χ0) is 14.6. The molecule has 0 saturated carbocycles. The van der Waals surface area contributed by atoms with Crippen LogP contribution in [0.15, 0.2) is 12.1 Å². The smallest absolute Gasteiger partial charge is 0.336 e. The summed E-state index contributed by atoms with van der Waals surface area (Å²) in [5.74, 6) is -0.992. The van der Waals surface area contributed by atoms with Gasteiger partial charge in [-0.25, -0.2) is 4.79 Å². The molecule has 0 amide bonds. The van der Waals surface area contributed by atoms with Gasteiger partial charge in [0.25, 0.3) is 5.69 Å². The van der Waals surface area contributed by atoms with Crippen LogP contribution >= 0.6 is 0 Å². The number of rotatable bonds is 6. The van der Waals surface area contributed by atoms with Gasteiger partial charge in [-0.3, -0.25) is 10.1 Å². The van der Waals surface area contributed by atoms with Gasteiger partial charge in [0.15, 0.2) is 0 Å². The molecular formula is C12H16N2O5. The van der Waals surface area contributed by atoms with E-state index in [1.54, 1.807) is 0 Å². The van der Waals surface area contributed by atoms with Crippen molar-refractivity contribution < 1.29 is 19.6 Å². The fourth-order valence-electron chi connectivity index (χ4n) is 1.47. The molecule has 0 aliphatic carbocycles. The Bertz CT molecular complexity index is 499. The van der Waals surface area contributed by atoms with E-state index in [4.69, 9.17) is 9.84 Å². The van der Waals surface area contributed by atoms with Gasteiger partial charge in [0.1, 0.15) is 12.4 Å². The highest BCUT2D eigenvalue weighted by molar-refractivity contribution is 5.89. The van der Waals surface area contributed by atoms with Gasteiger partial charge in [0, 0.05) is 12.6 Å². The highest BCUT2D eigenvalue weighted by atomic mass is 16.6. The topological polar surface area (TPSA) is 92.9 Å². The molecule has 0 saturated heterocycles. The molecule has 104 valence electrons. The van der Waals surface area contributed by atoms with E-state index in [1.165, 1.54) is 13.0 Å². The van der Waals surface area contributed by atoms with Crippen molar-refractivity contribution in [1.82, 2.24) is 4.90 Å². The van der Waals surface area contributed by atoms with Crippen molar-refractivity contribution in [3.05, 3.63) is 33.4 Å². The number of likely N-dealkylation sites (N-methyl/N-ethyl adjacent to an activating group) is 1. The number of carboxylic acid groups (broad SMARTS) is 1. The number of benzene rings is 1. The molecule has 0 atom stereocenters. The van der Waals surface area contributed by atoms with Crippen molar-refractivity contribution in [1.29, 1.82) is 0 Å². The molecule has 0 aromatic heterocycles. The monoisotopic (exact) mass is 268 g/mol. The van der Waals surface area contributed by atoms with Crippen LogP contribution in [0.4, 0.5) is 5.69 Å². The predicted molar refractivity (Wildman–Crippen MR) is 68.8 cm³/mol. The third-order valence-electron chi connectivity index (χ3n) is 2.57. The summed E-state index contributed by atoms with van der Waals surface area (Å²) in [5, 5.41) is 19.8. The third kappa shape index (κ3) is 3.92. The van der Waals surface area contributed by atoms with Gasteiger partial charge in [0.05, 0.1) is 16.1 Å². The first-order valence-corrected chi connectivity index (χ1v) is 5.62. The van der Waals surface area contributed by atoms with Crippen molar-refractivity contribution in [3.8, 4) is 5.75 Å². The van der Waals surface area contributed by atoms with Gasteiger partial charge >= 0.3 is 5.97 Å². The van der Waals surface area contributed by atoms with Crippen LogP contribution < -0.4 is 4.74 Å². The Morgan fingerprint density at radius 2 is 2.11 bits per heavy atom. The first-order valence-electron chi connectivity index (χ1n) is 5.62. The normalized spacial score (nSPS) is 10.5. The van der Waals surface area contributed by atoms with Crippen LogP contribution in [0.25, 0.3) is 0 Å². The summed E-state index contributed by atoms with van der Waals surface area (Å²) < 4.78 is 5.42. The number of nitro benzene ring substituents is 1. The van der Waals surface area contributed by atoms with E-state index in [1.807, 2.05) is 19.0 Å². The van der Waals surface area contributed by atoms with E-state index in [-0.39, 0.29) is 17.0 Å². The number of carbonyl (C=O) groups is 1. The van der Waals surface area contributed by atoms with Gasteiger partial charge in [0.2, 0.25) is 0 Å². The van der Waals surface area contributed by atoms with Crippen LogP contribution in [0.5, 0.6) is 5.75 Å². The van der Waals surface area contributed by atoms with Crippen molar-refractivity contribution in [2.45, 2.75) is 6.92 Å². The highest BCUT2D eigenvalue weighted by Crippen LogP contribution is 2.29. The number of nitrogens with zero attached hydrogens (tertiary/aromatic N) is 2. The van der Waals surface area contributed by atoms with Crippen LogP contribution in [0, 0.1) is 17.0 Å². The quantitative estimate of drug-likeness (QED) is 0.621. The molecule has 1 aromatic carbocycles. The number of ether oxygens (including phenoxy) is 1. The minimum atomic E-state index is -1.22. The maximum absolute atomic E-state index is 10.9.